The number of hydrogen-bond acceptors (Lipinski definition) is 4. The maximum absolute atomic E-state index is 11.2. The van der Waals surface area contributed by atoms with Gasteiger partial charge in [-0.25, -0.2) is 4.98 Å². The molecule has 3 rings (SSSR count). The summed E-state index contributed by atoms with van der Waals surface area (Å²) in [5.41, 5.74) is 3.38. The second-order valence-corrected chi connectivity index (χ2v) is 6.23. The van der Waals surface area contributed by atoms with Crippen molar-refractivity contribution in [2.24, 2.45) is 0 Å². The molecule has 1 aliphatic carbocycles. The summed E-state index contributed by atoms with van der Waals surface area (Å²) >= 11 is 1.51. The van der Waals surface area contributed by atoms with E-state index in [2.05, 4.69) is 43.0 Å². The standard InChI is InChI=1S/C16H18N2OS/c1-3-18(13-6-4-5-11(2)9-13)16-17-15(12-7-8-12)14(10-19)20-16/h4-6,9-10,12H,3,7-8H2,1-2H3. The van der Waals surface area contributed by atoms with Gasteiger partial charge < -0.3 is 4.90 Å². The first-order valence-electron chi connectivity index (χ1n) is 7.03. The van der Waals surface area contributed by atoms with Gasteiger partial charge in [-0.2, -0.15) is 0 Å². The zero-order valence-electron chi connectivity index (χ0n) is 11.8. The Balaban J connectivity index is 1.98. The number of nitrogens with zero attached hydrogens (tertiary/aromatic N) is 2. The molecule has 1 aliphatic rings. The molecule has 4 heteroatoms. The highest BCUT2D eigenvalue weighted by Gasteiger charge is 2.30. The fraction of sp³-hybridized carbons (Fsp3) is 0.375. The summed E-state index contributed by atoms with van der Waals surface area (Å²) in [5, 5.41) is 0.933. The van der Waals surface area contributed by atoms with Crippen LogP contribution in [-0.4, -0.2) is 17.8 Å². The Morgan fingerprint density at radius 2 is 2.25 bits per heavy atom. The molecular weight excluding hydrogens is 268 g/mol. The van der Waals surface area contributed by atoms with E-state index in [1.165, 1.54) is 29.7 Å². The monoisotopic (exact) mass is 286 g/mol. The molecule has 0 aliphatic heterocycles. The SMILES string of the molecule is CCN(c1cccc(C)c1)c1nc(C2CC2)c(C=O)s1. The Hall–Kier alpha value is -1.68. The minimum Gasteiger partial charge on any atom is -0.318 e. The smallest absolute Gasteiger partial charge is 0.190 e. The van der Waals surface area contributed by atoms with Crippen LogP contribution < -0.4 is 4.90 Å². The van der Waals surface area contributed by atoms with Gasteiger partial charge in [-0.15, -0.1) is 0 Å². The molecule has 1 saturated carbocycles. The third-order valence-corrected chi connectivity index (χ3v) is 4.62. The second-order valence-electron chi connectivity index (χ2n) is 5.22. The molecular formula is C16H18N2OS. The fourth-order valence-electron chi connectivity index (χ4n) is 2.40. The van der Waals surface area contributed by atoms with E-state index in [1.807, 2.05) is 0 Å². The van der Waals surface area contributed by atoms with Gasteiger partial charge in [0.2, 0.25) is 0 Å². The molecule has 2 aromatic rings. The molecule has 0 amide bonds. The summed E-state index contributed by atoms with van der Waals surface area (Å²) in [4.78, 5) is 18.9. The lowest BCUT2D eigenvalue weighted by atomic mass is 10.2. The lowest BCUT2D eigenvalue weighted by molar-refractivity contribution is 0.112. The van der Waals surface area contributed by atoms with Crippen LogP contribution in [0.3, 0.4) is 0 Å². The van der Waals surface area contributed by atoms with Crippen molar-refractivity contribution in [2.45, 2.75) is 32.6 Å². The Morgan fingerprint density at radius 3 is 2.85 bits per heavy atom. The molecule has 104 valence electrons. The largest absolute Gasteiger partial charge is 0.318 e. The molecule has 0 saturated heterocycles. The van der Waals surface area contributed by atoms with Gasteiger partial charge in [-0.3, -0.25) is 4.79 Å². The Kier molecular flexibility index (Phi) is 3.57. The highest BCUT2D eigenvalue weighted by atomic mass is 32.1. The van der Waals surface area contributed by atoms with E-state index in [1.54, 1.807) is 0 Å². The first kappa shape index (κ1) is 13.3. The Labute approximate surface area is 123 Å². The molecule has 1 aromatic heterocycles. The van der Waals surface area contributed by atoms with Crippen LogP contribution in [0.2, 0.25) is 0 Å². The lowest BCUT2D eigenvalue weighted by Crippen LogP contribution is -2.15. The van der Waals surface area contributed by atoms with Crippen molar-refractivity contribution in [1.82, 2.24) is 4.98 Å². The van der Waals surface area contributed by atoms with Gasteiger partial charge in [0.15, 0.2) is 11.4 Å². The van der Waals surface area contributed by atoms with E-state index in [0.29, 0.717) is 5.92 Å². The maximum Gasteiger partial charge on any atom is 0.190 e. The molecule has 3 nitrogen and oxygen atoms in total. The van der Waals surface area contributed by atoms with Crippen LogP contribution in [0.5, 0.6) is 0 Å². The first-order valence-corrected chi connectivity index (χ1v) is 7.84. The summed E-state index contributed by atoms with van der Waals surface area (Å²) in [7, 11) is 0. The summed E-state index contributed by atoms with van der Waals surface area (Å²) < 4.78 is 0. The summed E-state index contributed by atoms with van der Waals surface area (Å²) in [5.74, 6) is 0.511. The van der Waals surface area contributed by atoms with Gasteiger partial charge >= 0.3 is 0 Å². The zero-order chi connectivity index (χ0) is 14.1. The number of aryl methyl sites for hydroxylation is 1. The predicted molar refractivity (Wildman–Crippen MR) is 83.3 cm³/mol. The van der Waals surface area contributed by atoms with Crippen molar-refractivity contribution in [3.05, 3.63) is 40.4 Å². The highest BCUT2D eigenvalue weighted by Crippen LogP contribution is 2.44. The van der Waals surface area contributed by atoms with Gasteiger partial charge in [0.05, 0.1) is 10.6 Å². The van der Waals surface area contributed by atoms with Crippen LogP contribution in [0, 0.1) is 6.92 Å². The van der Waals surface area contributed by atoms with Crippen LogP contribution >= 0.6 is 11.3 Å². The first-order chi connectivity index (χ1) is 9.72. The molecule has 0 unspecified atom stereocenters. The number of rotatable bonds is 5. The average Bonchev–Trinajstić information content (AvgIpc) is 3.20. The number of aromatic nitrogens is 1. The second kappa shape index (κ2) is 5.37. The van der Waals surface area contributed by atoms with E-state index in [4.69, 9.17) is 4.98 Å². The lowest BCUT2D eigenvalue weighted by Gasteiger charge is -2.20. The van der Waals surface area contributed by atoms with E-state index in [-0.39, 0.29) is 0 Å². The van der Waals surface area contributed by atoms with Crippen molar-refractivity contribution in [3.8, 4) is 0 Å². The summed E-state index contributed by atoms with van der Waals surface area (Å²) in [6, 6.07) is 8.40. The molecule has 0 spiro atoms. The molecule has 0 N–H and O–H groups in total. The van der Waals surface area contributed by atoms with Gasteiger partial charge in [0.25, 0.3) is 0 Å². The normalized spacial score (nSPS) is 14.3. The van der Waals surface area contributed by atoms with Crippen LogP contribution in [0.25, 0.3) is 0 Å². The van der Waals surface area contributed by atoms with Crippen molar-refractivity contribution in [2.75, 3.05) is 11.4 Å². The highest BCUT2D eigenvalue weighted by molar-refractivity contribution is 7.17. The average molecular weight is 286 g/mol. The van der Waals surface area contributed by atoms with Crippen LogP contribution in [0.15, 0.2) is 24.3 Å². The zero-order valence-corrected chi connectivity index (χ0v) is 12.6. The van der Waals surface area contributed by atoms with Crippen LogP contribution in [0.1, 0.15) is 46.6 Å². The van der Waals surface area contributed by atoms with E-state index < -0.39 is 0 Å². The van der Waals surface area contributed by atoms with Crippen molar-refractivity contribution >= 4 is 28.4 Å². The number of benzene rings is 1. The van der Waals surface area contributed by atoms with Gasteiger partial charge in [-0.1, -0.05) is 23.5 Å². The maximum atomic E-state index is 11.2. The van der Waals surface area contributed by atoms with Crippen molar-refractivity contribution in [3.63, 3.8) is 0 Å². The third kappa shape index (κ3) is 2.48. The Morgan fingerprint density at radius 1 is 1.45 bits per heavy atom. The number of carbonyl (C=O) groups excluding carboxylic acids is 1. The summed E-state index contributed by atoms with van der Waals surface area (Å²) in [6.07, 6.45) is 3.29. The predicted octanol–water partition coefficient (Wildman–Crippen LogP) is 4.30. The number of hydrogen-bond donors (Lipinski definition) is 0. The van der Waals surface area contributed by atoms with Crippen LogP contribution in [-0.2, 0) is 0 Å². The van der Waals surface area contributed by atoms with Crippen molar-refractivity contribution in [1.29, 1.82) is 0 Å². The number of anilines is 2. The summed E-state index contributed by atoms with van der Waals surface area (Å²) in [6.45, 7) is 5.05. The molecule has 1 fully saturated rings. The van der Waals surface area contributed by atoms with E-state index in [9.17, 15) is 4.79 Å². The molecule has 1 aromatic carbocycles. The topological polar surface area (TPSA) is 33.2 Å². The Bertz CT molecular complexity index is 631. The number of thiazole rings is 1. The van der Waals surface area contributed by atoms with Gasteiger partial charge in [0, 0.05) is 18.2 Å². The van der Waals surface area contributed by atoms with Crippen LogP contribution in [0.4, 0.5) is 10.8 Å². The quantitative estimate of drug-likeness (QED) is 0.768. The molecule has 0 atom stereocenters. The molecule has 0 bridgehead atoms. The number of aldehydes is 1. The molecule has 20 heavy (non-hydrogen) atoms. The minimum absolute atomic E-state index is 0.511. The fourth-order valence-corrected chi connectivity index (χ4v) is 3.46. The van der Waals surface area contributed by atoms with E-state index >= 15 is 0 Å². The van der Waals surface area contributed by atoms with Gasteiger partial charge in [0.1, 0.15) is 0 Å². The van der Waals surface area contributed by atoms with Crippen molar-refractivity contribution < 1.29 is 4.79 Å². The molecule has 0 radical (unpaired) electrons. The number of carbonyl (C=O) groups is 1. The van der Waals surface area contributed by atoms with E-state index in [0.717, 1.165) is 34.2 Å². The third-order valence-electron chi connectivity index (χ3n) is 3.60. The van der Waals surface area contributed by atoms with Gasteiger partial charge in [-0.05, 0) is 44.4 Å². The minimum atomic E-state index is 0.511. The molecule has 1 heterocycles.